The second-order valence-corrected chi connectivity index (χ2v) is 7.63. The Morgan fingerprint density at radius 2 is 2.00 bits per heavy atom. The lowest BCUT2D eigenvalue weighted by atomic mass is 9.91. The molecule has 0 spiro atoms. The first-order valence-electron chi connectivity index (χ1n) is 7.05. The Morgan fingerprint density at radius 1 is 1.35 bits per heavy atom. The summed E-state index contributed by atoms with van der Waals surface area (Å²) in [6.07, 6.45) is 3.38. The van der Waals surface area contributed by atoms with Crippen LogP contribution in [0.2, 0.25) is 0 Å². The van der Waals surface area contributed by atoms with E-state index in [4.69, 9.17) is 0 Å². The second-order valence-electron chi connectivity index (χ2n) is 5.86. The molecule has 0 aliphatic carbocycles. The van der Waals surface area contributed by atoms with E-state index in [0.29, 0.717) is 18.8 Å². The molecule has 1 rings (SSSR count). The van der Waals surface area contributed by atoms with E-state index in [2.05, 4.69) is 4.72 Å². The standard InChI is InChI=1S/C14H26N2O3S/c1-5-7-16-9-13(8-12(16)10-17)20(18,19)15-11-14(3,4)6-2/h8-9,15,17H,5-7,10-11H2,1-4H3. The van der Waals surface area contributed by atoms with Gasteiger partial charge in [0.15, 0.2) is 0 Å². The third kappa shape index (κ3) is 4.33. The van der Waals surface area contributed by atoms with Crippen molar-refractivity contribution in [2.45, 2.75) is 58.6 Å². The molecular weight excluding hydrogens is 276 g/mol. The lowest BCUT2D eigenvalue weighted by Gasteiger charge is -2.22. The van der Waals surface area contributed by atoms with Crippen molar-refractivity contribution in [2.75, 3.05) is 6.54 Å². The summed E-state index contributed by atoms with van der Waals surface area (Å²) in [7, 11) is -3.52. The summed E-state index contributed by atoms with van der Waals surface area (Å²) in [6.45, 7) is 9.04. The Labute approximate surface area is 122 Å². The molecule has 0 aliphatic heterocycles. The van der Waals surface area contributed by atoms with Gasteiger partial charge in [0.1, 0.15) is 0 Å². The Morgan fingerprint density at radius 3 is 2.50 bits per heavy atom. The molecule has 0 aromatic carbocycles. The van der Waals surface area contributed by atoms with Gasteiger partial charge in [0.2, 0.25) is 10.0 Å². The summed E-state index contributed by atoms with van der Waals surface area (Å²) in [5.74, 6) is 0. The summed E-state index contributed by atoms with van der Waals surface area (Å²) in [5, 5.41) is 9.29. The van der Waals surface area contributed by atoms with Gasteiger partial charge >= 0.3 is 0 Å². The molecule has 6 heteroatoms. The highest BCUT2D eigenvalue weighted by atomic mass is 32.2. The van der Waals surface area contributed by atoms with Gasteiger partial charge in [-0.1, -0.05) is 27.7 Å². The topological polar surface area (TPSA) is 71.3 Å². The third-order valence-corrected chi connectivity index (χ3v) is 4.96. The highest BCUT2D eigenvalue weighted by Gasteiger charge is 2.22. The van der Waals surface area contributed by atoms with Crippen LogP contribution in [0, 0.1) is 5.41 Å². The maximum atomic E-state index is 12.3. The van der Waals surface area contributed by atoms with E-state index >= 15 is 0 Å². The predicted molar refractivity (Wildman–Crippen MR) is 79.9 cm³/mol. The highest BCUT2D eigenvalue weighted by Crippen LogP contribution is 2.20. The normalized spacial score (nSPS) is 12.8. The van der Waals surface area contributed by atoms with E-state index < -0.39 is 10.0 Å². The van der Waals surface area contributed by atoms with Gasteiger partial charge in [-0.3, -0.25) is 0 Å². The molecule has 0 amide bonds. The van der Waals surface area contributed by atoms with Crippen LogP contribution < -0.4 is 4.72 Å². The first-order chi connectivity index (χ1) is 9.25. The molecular formula is C14H26N2O3S. The number of hydrogen-bond acceptors (Lipinski definition) is 3. The summed E-state index contributed by atoms with van der Waals surface area (Å²) >= 11 is 0. The second kappa shape index (κ2) is 6.74. The van der Waals surface area contributed by atoms with Gasteiger partial charge < -0.3 is 9.67 Å². The maximum Gasteiger partial charge on any atom is 0.242 e. The Bertz CT molecular complexity index is 533. The fraction of sp³-hybridized carbons (Fsp3) is 0.714. The van der Waals surface area contributed by atoms with E-state index in [1.807, 2.05) is 27.7 Å². The van der Waals surface area contributed by atoms with Crippen molar-refractivity contribution >= 4 is 10.0 Å². The van der Waals surface area contributed by atoms with Gasteiger partial charge in [0, 0.05) is 25.0 Å². The number of nitrogens with zero attached hydrogens (tertiary/aromatic N) is 1. The summed E-state index contributed by atoms with van der Waals surface area (Å²) < 4.78 is 29.0. The molecule has 1 aromatic rings. The Balaban J connectivity index is 2.92. The molecule has 0 saturated carbocycles. The van der Waals surface area contributed by atoms with Crippen molar-refractivity contribution in [3.63, 3.8) is 0 Å². The van der Waals surface area contributed by atoms with E-state index in [9.17, 15) is 13.5 Å². The van der Waals surface area contributed by atoms with Crippen LogP contribution in [0.3, 0.4) is 0 Å². The molecule has 20 heavy (non-hydrogen) atoms. The van der Waals surface area contributed by atoms with Crippen molar-refractivity contribution in [3.8, 4) is 0 Å². The zero-order chi connectivity index (χ0) is 15.4. The zero-order valence-corrected chi connectivity index (χ0v) is 13.6. The average molecular weight is 302 g/mol. The minimum absolute atomic E-state index is 0.0706. The molecule has 1 aromatic heterocycles. The van der Waals surface area contributed by atoms with E-state index in [1.165, 1.54) is 6.07 Å². The van der Waals surface area contributed by atoms with Crippen LogP contribution in [0.15, 0.2) is 17.2 Å². The fourth-order valence-electron chi connectivity index (χ4n) is 1.75. The lowest BCUT2D eigenvalue weighted by molar-refractivity contribution is 0.270. The van der Waals surface area contributed by atoms with Crippen LogP contribution in [0.25, 0.3) is 0 Å². The van der Waals surface area contributed by atoms with Gasteiger partial charge in [-0.05, 0) is 24.3 Å². The van der Waals surface area contributed by atoms with E-state index in [0.717, 1.165) is 12.8 Å². The monoisotopic (exact) mass is 302 g/mol. The largest absolute Gasteiger partial charge is 0.390 e. The molecule has 0 bridgehead atoms. The Kier molecular flexibility index (Phi) is 5.79. The molecule has 2 N–H and O–H groups in total. The molecule has 116 valence electrons. The van der Waals surface area contributed by atoms with Crippen molar-refractivity contribution in [1.82, 2.24) is 9.29 Å². The number of aliphatic hydroxyl groups excluding tert-OH is 1. The summed E-state index contributed by atoms with van der Waals surface area (Å²) in [6, 6.07) is 1.54. The number of nitrogens with one attached hydrogen (secondary N) is 1. The van der Waals surface area contributed by atoms with Gasteiger partial charge in [0.05, 0.1) is 11.5 Å². The highest BCUT2D eigenvalue weighted by molar-refractivity contribution is 7.89. The van der Waals surface area contributed by atoms with Crippen molar-refractivity contribution in [1.29, 1.82) is 0 Å². The van der Waals surface area contributed by atoms with Gasteiger partial charge in [-0.15, -0.1) is 0 Å². The number of rotatable bonds is 8. The van der Waals surface area contributed by atoms with E-state index in [1.54, 1.807) is 10.8 Å². The van der Waals surface area contributed by atoms with Gasteiger partial charge in [0.25, 0.3) is 0 Å². The molecule has 0 unspecified atom stereocenters. The molecule has 5 nitrogen and oxygen atoms in total. The first-order valence-corrected chi connectivity index (χ1v) is 8.53. The third-order valence-electron chi connectivity index (χ3n) is 3.60. The molecule has 0 radical (unpaired) electrons. The minimum atomic E-state index is -3.52. The maximum absolute atomic E-state index is 12.3. The Hall–Kier alpha value is -0.850. The zero-order valence-electron chi connectivity index (χ0n) is 12.8. The number of aryl methyl sites for hydroxylation is 1. The quantitative estimate of drug-likeness (QED) is 0.772. The number of sulfonamides is 1. The van der Waals surface area contributed by atoms with Crippen molar-refractivity contribution < 1.29 is 13.5 Å². The van der Waals surface area contributed by atoms with Crippen molar-refractivity contribution in [2.24, 2.45) is 5.41 Å². The van der Waals surface area contributed by atoms with Crippen LogP contribution in [0.5, 0.6) is 0 Å². The SMILES string of the molecule is CCCn1cc(S(=O)(=O)NCC(C)(C)CC)cc1CO. The molecule has 0 saturated heterocycles. The minimum Gasteiger partial charge on any atom is -0.390 e. The van der Waals surface area contributed by atoms with Crippen LogP contribution in [0.1, 0.15) is 46.2 Å². The number of aliphatic hydroxyl groups is 1. The lowest BCUT2D eigenvalue weighted by Crippen LogP contribution is -2.33. The van der Waals surface area contributed by atoms with Gasteiger partial charge in [-0.25, -0.2) is 13.1 Å². The first kappa shape index (κ1) is 17.2. The average Bonchev–Trinajstić information content (AvgIpc) is 2.81. The molecule has 0 atom stereocenters. The molecule has 1 heterocycles. The van der Waals surface area contributed by atoms with E-state index in [-0.39, 0.29) is 16.9 Å². The number of hydrogen-bond donors (Lipinski definition) is 2. The van der Waals surface area contributed by atoms with Crippen LogP contribution >= 0.6 is 0 Å². The smallest absolute Gasteiger partial charge is 0.242 e. The summed E-state index contributed by atoms with van der Waals surface area (Å²) in [4.78, 5) is 0.224. The van der Waals surface area contributed by atoms with Crippen molar-refractivity contribution in [3.05, 3.63) is 18.0 Å². The summed E-state index contributed by atoms with van der Waals surface area (Å²) in [5.41, 5.74) is 0.556. The number of aromatic nitrogens is 1. The fourth-order valence-corrected chi connectivity index (χ4v) is 3.06. The predicted octanol–water partition coefficient (Wildman–Crippen LogP) is 2.10. The van der Waals surface area contributed by atoms with Crippen LogP contribution in [-0.4, -0.2) is 24.6 Å². The molecule has 0 fully saturated rings. The molecule has 0 aliphatic rings. The van der Waals surface area contributed by atoms with Crippen LogP contribution in [-0.2, 0) is 23.2 Å². The van der Waals surface area contributed by atoms with Gasteiger partial charge in [-0.2, -0.15) is 0 Å². The van der Waals surface area contributed by atoms with Crippen LogP contribution in [0.4, 0.5) is 0 Å².